The maximum Gasteiger partial charge on any atom is 0.217 e. The Morgan fingerprint density at radius 2 is 2.00 bits per heavy atom. The first kappa shape index (κ1) is 23.0. The second-order valence-electron chi connectivity index (χ2n) is 8.53. The summed E-state index contributed by atoms with van der Waals surface area (Å²) in [7, 11) is -2.97. The Balaban J connectivity index is 2.30. The van der Waals surface area contributed by atoms with E-state index in [1.54, 1.807) is 4.68 Å². The van der Waals surface area contributed by atoms with Gasteiger partial charge in [-0.15, -0.1) is 0 Å². The van der Waals surface area contributed by atoms with Gasteiger partial charge >= 0.3 is 0 Å². The predicted molar refractivity (Wildman–Crippen MR) is 112 cm³/mol. The van der Waals surface area contributed by atoms with Gasteiger partial charge in [0.15, 0.2) is 14.6 Å². The molecule has 0 unspecified atom stereocenters. The monoisotopic (exact) mass is 431 g/mol. The van der Waals surface area contributed by atoms with E-state index in [4.69, 9.17) is 18.0 Å². The SMILES string of the molecule is CC(C)CN(Cn1nc(CCC(N)=O)n(CC(C)C)c1=S)[C@@H]1CCS(=O)(=O)C1. The van der Waals surface area contributed by atoms with Crippen LogP contribution < -0.4 is 5.73 Å². The molecule has 1 saturated heterocycles. The van der Waals surface area contributed by atoms with Crippen molar-refractivity contribution in [3.8, 4) is 0 Å². The highest BCUT2D eigenvalue weighted by molar-refractivity contribution is 7.91. The van der Waals surface area contributed by atoms with Gasteiger partial charge in [0, 0.05) is 32.0 Å². The molecule has 8 nitrogen and oxygen atoms in total. The minimum absolute atomic E-state index is 0.0152. The van der Waals surface area contributed by atoms with Crippen molar-refractivity contribution in [1.82, 2.24) is 19.2 Å². The molecule has 2 N–H and O–H groups in total. The lowest BCUT2D eigenvalue weighted by Gasteiger charge is -2.29. The number of hydrogen-bond donors (Lipinski definition) is 1. The summed E-state index contributed by atoms with van der Waals surface area (Å²) in [5.41, 5.74) is 5.31. The summed E-state index contributed by atoms with van der Waals surface area (Å²) < 4.78 is 28.3. The molecule has 0 aliphatic carbocycles. The van der Waals surface area contributed by atoms with Gasteiger partial charge in [-0.25, -0.2) is 13.1 Å². The number of aromatic nitrogens is 3. The molecule has 0 saturated carbocycles. The number of primary amides is 1. The second kappa shape index (κ2) is 9.49. The molecule has 160 valence electrons. The molecule has 1 fully saturated rings. The fourth-order valence-electron chi connectivity index (χ4n) is 3.57. The molecule has 0 spiro atoms. The van der Waals surface area contributed by atoms with E-state index in [0.29, 0.717) is 36.1 Å². The van der Waals surface area contributed by atoms with Crippen LogP contribution in [0.3, 0.4) is 0 Å². The lowest BCUT2D eigenvalue weighted by atomic mass is 10.1. The normalized spacial score (nSPS) is 19.2. The van der Waals surface area contributed by atoms with Crippen molar-refractivity contribution in [2.45, 2.75) is 66.2 Å². The molecular weight excluding hydrogens is 398 g/mol. The number of rotatable bonds is 10. The Bertz CT molecular complexity index is 842. The third-order valence-corrected chi connectivity index (χ3v) is 6.96. The third-order valence-electron chi connectivity index (χ3n) is 4.78. The van der Waals surface area contributed by atoms with Crippen LogP contribution >= 0.6 is 12.2 Å². The third kappa shape index (κ3) is 6.38. The van der Waals surface area contributed by atoms with Crippen molar-refractivity contribution >= 4 is 28.0 Å². The van der Waals surface area contributed by atoms with Gasteiger partial charge in [-0.05, 0) is 30.5 Å². The molecule has 28 heavy (non-hydrogen) atoms. The zero-order valence-electron chi connectivity index (χ0n) is 17.3. The average Bonchev–Trinajstić information content (AvgIpc) is 3.05. The number of carbonyl (C=O) groups excluding carboxylic acids is 1. The number of nitrogens with two attached hydrogens (primary N) is 1. The number of carbonyl (C=O) groups is 1. The molecule has 2 heterocycles. The fourth-order valence-corrected chi connectivity index (χ4v) is 5.61. The molecule has 1 atom stereocenters. The van der Waals surface area contributed by atoms with Gasteiger partial charge in [0.1, 0.15) is 5.82 Å². The van der Waals surface area contributed by atoms with Crippen LogP contribution in [-0.4, -0.2) is 57.7 Å². The van der Waals surface area contributed by atoms with Crippen molar-refractivity contribution in [1.29, 1.82) is 0 Å². The van der Waals surface area contributed by atoms with Crippen molar-refractivity contribution in [3.63, 3.8) is 0 Å². The van der Waals surface area contributed by atoms with E-state index in [1.165, 1.54) is 0 Å². The zero-order chi connectivity index (χ0) is 21.1. The van der Waals surface area contributed by atoms with Crippen molar-refractivity contribution in [3.05, 3.63) is 10.6 Å². The van der Waals surface area contributed by atoms with E-state index in [9.17, 15) is 13.2 Å². The van der Waals surface area contributed by atoms with Gasteiger partial charge in [0.2, 0.25) is 5.91 Å². The van der Waals surface area contributed by atoms with Gasteiger partial charge in [-0.1, -0.05) is 27.7 Å². The summed E-state index contributed by atoms with van der Waals surface area (Å²) in [6.07, 6.45) is 1.31. The minimum atomic E-state index is -2.97. The van der Waals surface area contributed by atoms with E-state index in [2.05, 4.69) is 37.7 Å². The standard InChI is InChI=1S/C18H33N5O3S2/c1-13(2)9-21(15-7-8-28(25,26)11-15)12-23-18(27)22(10-14(3)4)17(20-23)6-5-16(19)24/h13-15H,5-12H2,1-4H3,(H2,19,24)/t15-/m1/s1. The molecule has 1 aliphatic rings. The lowest BCUT2D eigenvalue weighted by Crippen LogP contribution is -2.40. The van der Waals surface area contributed by atoms with Crippen LogP contribution in [0.15, 0.2) is 0 Å². The first-order chi connectivity index (χ1) is 13.0. The topological polar surface area (TPSA) is 103 Å². The molecule has 1 aromatic rings. The summed E-state index contributed by atoms with van der Waals surface area (Å²) in [5, 5.41) is 4.67. The molecule has 0 radical (unpaired) electrons. The molecule has 10 heteroatoms. The van der Waals surface area contributed by atoms with Crippen molar-refractivity contribution in [2.24, 2.45) is 17.6 Å². The van der Waals surface area contributed by atoms with Gasteiger partial charge in [0.05, 0.1) is 18.2 Å². The number of amides is 1. The van der Waals surface area contributed by atoms with Crippen LogP contribution in [0.4, 0.5) is 0 Å². The highest BCUT2D eigenvalue weighted by atomic mass is 32.2. The summed E-state index contributed by atoms with van der Waals surface area (Å²) in [6, 6.07) is -0.0152. The predicted octanol–water partition coefficient (Wildman–Crippen LogP) is 1.59. The first-order valence-electron chi connectivity index (χ1n) is 9.87. The van der Waals surface area contributed by atoms with E-state index in [1.807, 2.05) is 4.57 Å². The Hall–Kier alpha value is -1.26. The number of nitrogens with zero attached hydrogens (tertiary/aromatic N) is 4. The number of hydrogen-bond acceptors (Lipinski definition) is 6. The number of aryl methyl sites for hydroxylation is 1. The largest absolute Gasteiger partial charge is 0.370 e. The lowest BCUT2D eigenvalue weighted by molar-refractivity contribution is -0.118. The first-order valence-corrected chi connectivity index (χ1v) is 12.1. The van der Waals surface area contributed by atoms with Crippen LogP contribution in [0.25, 0.3) is 0 Å². The zero-order valence-corrected chi connectivity index (χ0v) is 18.9. The Labute approximate surface area is 173 Å². The maximum atomic E-state index is 12.0. The summed E-state index contributed by atoms with van der Waals surface area (Å²) in [4.78, 5) is 13.4. The van der Waals surface area contributed by atoms with Crippen LogP contribution in [0, 0.1) is 16.6 Å². The van der Waals surface area contributed by atoms with Gasteiger partial charge in [-0.3, -0.25) is 9.69 Å². The van der Waals surface area contributed by atoms with E-state index in [-0.39, 0.29) is 29.9 Å². The Morgan fingerprint density at radius 3 is 2.50 bits per heavy atom. The van der Waals surface area contributed by atoms with Gasteiger partial charge in [-0.2, -0.15) is 5.10 Å². The fraction of sp³-hybridized carbons (Fsp3) is 0.833. The quantitative estimate of drug-likeness (QED) is 0.564. The smallest absolute Gasteiger partial charge is 0.217 e. The molecule has 2 rings (SSSR count). The summed E-state index contributed by atoms with van der Waals surface area (Å²) in [5.74, 6) is 1.58. The molecular formula is C18H33N5O3S2. The summed E-state index contributed by atoms with van der Waals surface area (Å²) >= 11 is 5.67. The molecule has 0 aromatic carbocycles. The van der Waals surface area contributed by atoms with Crippen molar-refractivity contribution in [2.75, 3.05) is 18.1 Å². The molecule has 1 aliphatic heterocycles. The summed E-state index contributed by atoms with van der Waals surface area (Å²) in [6.45, 7) is 10.4. The maximum absolute atomic E-state index is 12.0. The minimum Gasteiger partial charge on any atom is -0.370 e. The van der Waals surface area contributed by atoms with E-state index >= 15 is 0 Å². The van der Waals surface area contributed by atoms with Crippen LogP contribution in [0.1, 0.15) is 46.4 Å². The molecule has 1 aromatic heterocycles. The Morgan fingerprint density at radius 1 is 1.32 bits per heavy atom. The van der Waals surface area contributed by atoms with Crippen LogP contribution in [-0.2, 0) is 34.3 Å². The molecule has 1 amide bonds. The van der Waals surface area contributed by atoms with Gasteiger partial charge in [0.25, 0.3) is 0 Å². The van der Waals surface area contributed by atoms with Gasteiger partial charge < -0.3 is 10.3 Å². The van der Waals surface area contributed by atoms with E-state index < -0.39 is 9.84 Å². The van der Waals surface area contributed by atoms with Crippen LogP contribution in [0.5, 0.6) is 0 Å². The highest BCUT2D eigenvalue weighted by Gasteiger charge is 2.33. The number of sulfone groups is 1. The molecule has 0 bridgehead atoms. The highest BCUT2D eigenvalue weighted by Crippen LogP contribution is 2.20. The Kier molecular flexibility index (Phi) is 7.81. The van der Waals surface area contributed by atoms with Crippen molar-refractivity contribution < 1.29 is 13.2 Å². The second-order valence-corrected chi connectivity index (χ2v) is 11.1. The van der Waals surface area contributed by atoms with Crippen LogP contribution in [0.2, 0.25) is 0 Å². The average molecular weight is 432 g/mol. The van der Waals surface area contributed by atoms with E-state index in [0.717, 1.165) is 18.9 Å².